The van der Waals surface area contributed by atoms with Gasteiger partial charge in [0.15, 0.2) is 0 Å². The van der Waals surface area contributed by atoms with Crippen LogP contribution in [0.4, 0.5) is 0 Å². The van der Waals surface area contributed by atoms with Gasteiger partial charge in [0.25, 0.3) is 0 Å². The number of rotatable bonds is 5. The van der Waals surface area contributed by atoms with Crippen LogP contribution in [0.15, 0.2) is 22.6 Å². The molecule has 0 bridgehead atoms. The Hall–Kier alpha value is -2.50. The number of aromatic carboxylic acids is 1. The number of hydrogen-bond acceptors (Lipinski definition) is 5. The first-order valence-corrected chi connectivity index (χ1v) is 6.08. The molecule has 2 aromatic rings. The van der Waals surface area contributed by atoms with E-state index in [1.807, 2.05) is 13.0 Å². The molecule has 106 valence electrons. The van der Waals surface area contributed by atoms with E-state index < -0.39 is 5.97 Å². The number of oxazole rings is 1. The summed E-state index contributed by atoms with van der Waals surface area (Å²) in [5, 5.41) is 9.07. The molecule has 0 unspecified atom stereocenters. The Balaban J connectivity index is 2.47. The van der Waals surface area contributed by atoms with Crippen LogP contribution in [0.2, 0.25) is 0 Å². The molecule has 6 nitrogen and oxygen atoms in total. The molecule has 1 aromatic carbocycles. The van der Waals surface area contributed by atoms with Crippen LogP contribution in [-0.2, 0) is 0 Å². The number of carboxylic acid groups (broad SMARTS) is 1. The van der Waals surface area contributed by atoms with E-state index in [0.29, 0.717) is 17.9 Å². The Bertz CT molecular complexity index is 632. The van der Waals surface area contributed by atoms with Crippen molar-refractivity contribution in [1.29, 1.82) is 0 Å². The lowest BCUT2D eigenvalue weighted by Gasteiger charge is -2.05. The van der Waals surface area contributed by atoms with E-state index in [0.717, 1.165) is 5.56 Å². The molecule has 6 heteroatoms. The van der Waals surface area contributed by atoms with Gasteiger partial charge >= 0.3 is 11.9 Å². The maximum atomic E-state index is 11.1. The molecule has 20 heavy (non-hydrogen) atoms. The average molecular weight is 277 g/mol. The lowest BCUT2D eigenvalue weighted by atomic mass is 10.1. The molecule has 0 saturated heterocycles. The van der Waals surface area contributed by atoms with Crippen molar-refractivity contribution in [2.75, 3.05) is 13.7 Å². The first kappa shape index (κ1) is 13.9. The number of methoxy groups -OCH3 is 1. The van der Waals surface area contributed by atoms with Crippen molar-refractivity contribution in [3.63, 3.8) is 0 Å². The van der Waals surface area contributed by atoms with Crippen molar-refractivity contribution < 1.29 is 23.8 Å². The maximum absolute atomic E-state index is 11.1. The van der Waals surface area contributed by atoms with Crippen LogP contribution in [0.5, 0.6) is 11.7 Å². The maximum Gasteiger partial charge on any atom is 0.362 e. The van der Waals surface area contributed by atoms with Gasteiger partial charge in [0.05, 0.1) is 13.7 Å². The smallest absolute Gasteiger partial charge is 0.362 e. The van der Waals surface area contributed by atoms with E-state index in [1.165, 1.54) is 0 Å². The Morgan fingerprint density at radius 2 is 2.20 bits per heavy atom. The predicted molar refractivity (Wildman–Crippen MR) is 71.4 cm³/mol. The third-order valence-electron chi connectivity index (χ3n) is 2.73. The minimum atomic E-state index is -1.19. The van der Waals surface area contributed by atoms with Crippen LogP contribution in [0, 0.1) is 6.92 Å². The summed E-state index contributed by atoms with van der Waals surface area (Å²) < 4.78 is 15.7. The van der Waals surface area contributed by atoms with Gasteiger partial charge < -0.3 is 19.0 Å². The van der Waals surface area contributed by atoms with E-state index in [9.17, 15) is 4.79 Å². The molecule has 0 saturated carbocycles. The van der Waals surface area contributed by atoms with Crippen LogP contribution in [0.25, 0.3) is 11.5 Å². The third-order valence-corrected chi connectivity index (χ3v) is 2.73. The first-order valence-electron chi connectivity index (χ1n) is 6.08. The fraction of sp³-hybridized carbons (Fsp3) is 0.286. The van der Waals surface area contributed by atoms with Gasteiger partial charge in [-0.05, 0) is 31.5 Å². The molecule has 0 aliphatic rings. The van der Waals surface area contributed by atoms with E-state index in [-0.39, 0.29) is 17.5 Å². The summed E-state index contributed by atoms with van der Waals surface area (Å²) >= 11 is 0. The Morgan fingerprint density at radius 3 is 2.80 bits per heavy atom. The monoisotopic (exact) mass is 277 g/mol. The van der Waals surface area contributed by atoms with Gasteiger partial charge in [-0.1, -0.05) is 6.07 Å². The van der Waals surface area contributed by atoms with Gasteiger partial charge in [0, 0.05) is 5.56 Å². The van der Waals surface area contributed by atoms with E-state index in [4.69, 9.17) is 19.0 Å². The second-order valence-corrected chi connectivity index (χ2v) is 4.08. The molecule has 1 heterocycles. The second kappa shape index (κ2) is 5.64. The number of aryl methyl sites for hydroxylation is 1. The topological polar surface area (TPSA) is 81.8 Å². The van der Waals surface area contributed by atoms with Gasteiger partial charge in [0.1, 0.15) is 5.75 Å². The highest BCUT2D eigenvalue weighted by atomic mass is 16.6. The van der Waals surface area contributed by atoms with E-state index >= 15 is 0 Å². The van der Waals surface area contributed by atoms with Crippen LogP contribution < -0.4 is 9.47 Å². The zero-order chi connectivity index (χ0) is 14.7. The van der Waals surface area contributed by atoms with Crippen LogP contribution >= 0.6 is 0 Å². The molecule has 0 amide bonds. The molecule has 0 fully saturated rings. The van der Waals surface area contributed by atoms with Crippen molar-refractivity contribution >= 4 is 5.97 Å². The SMILES string of the molecule is CCOc1oc(-c2ccc(C)c(OC)c2)nc1C(=O)O. The number of aromatic nitrogens is 1. The largest absolute Gasteiger partial charge is 0.496 e. The molecular weight excluding hydrogens is 262 g/mol. The Labute approximate surface area is 116 Å². The number of benzene rings is 1. The zero-order valence-electron chi connectivity index (χ0n) is 11.5. The minimum Gasteiger partial charge on any atom is -0.496 e. The minimum absolute atomic E-state index is 0.0884. The highest BCUT2D eigenvalue weighted by molar-refractivity contribution is 5.88. The number of carbonyl (C=O) groups is 1. The van der Waals surface area contributed by atoms with Gasteiger partial charge in [0.2, 0.25) is 11.6 Å². The number of hydrogen-bond donors (Lipinski definition) is 1. The standard InChI is InChI=1S/C14H15NO5/c1-4-19-14-11(13(16)17)15-12(20-14)9-6-5-8(2)10(7-9)18-3/h5-7H,4H2,1-3H3,(H,16,17). The molecule has 0 radical (unpaired) electrons. The molecule has 1 aromatic heterocycles. The molecule has 0 aliphatic carbocycles. The Kier molecular flexibility index (Phi) is 3.93. The van der Waals surface area contributed by atoms with E-state index in [2.05, 4.69) is 4.98 Å². The van der Waals surface area contributed by atoms with Gasteiger partial charge in [-0.2, -0.15) is 4.98 Å². The zero-order valence-corrected chi connectivity index (χ0v) is 11.5. The fourth-order valence-electron chi connectivity index (χ4n) is 1.75. The van der Waals surface area contributed by atoms with Crippen LogP contribution in [-0.4, -0.2) is 29.8 Å². The van der Waals surface area contributed by atoms with Crippen molar-refractivity contribution in [1.82, 2.24) is 4.98 Å². The molecule has 1 N–H and O–H groups in total. The molecular formula is C14H15NO5. The summed E-state index contributed by atoms with van der Waals surface area (Å²) in [5.41, 5.74) is 1.36. The average Bonchev–Trinajstić information content (AvgIpc) is 2.84. The van der Waals surface area contributed by atoms with Crippen LogP contribution in [0.3, 0.4) is 0 Å². The lowest BCUT2D eigenvalue weighted by Crippen LogP contribution is -2.01. The van der Waals surface area contributed by atoms with Crippen molar-refractivity contribution in [3.8, 4) is 23.1 Å². The number of carboxylic acids is 1. The highest BCUT2D eigenvalue weighted by Crippen LogP contribution is 2.30. The Morgan fingerprint density at radius 1 is 1.45 bits per heavy atom. The quantitative estimate of drug-likeness (QED) is 0.904. The molecule has 0 aliphatic heterocycles. The summed E-state index contributed by atoms with van der Waals surface area (Å²) in [6.07, 6.45) is 0. The highest BCUT2D eigenvalue weighted by Gasteiger charge is 2.22. The third kappa shape index (κ3) is 2.59. The lowest BCUT2D eigenvalue weighted by molar-refractivity contribution is 0.0683. The molecule has 0 spiro atoms. The van der Waals surface area contributed by atoms with Gasteiger partial charge in [-0.25, -0.2) is 4.79 Å². The number of nitrogens with zero attached hydrogens (tertiary/aromatic N) is 1. The van der Waals surface area contributed by atoms with Crippen LogP contribution in [0.1, 0.15) is 23.0 Å². The summed E-state index contributed by atoms with van der Waals surface area (Å²) in [6.45, 7) is 3.95. The predicted octanol–water partition coefficient (Wildman–Crippen LogP) is 2.76. The van der Waals surface area contributed by atoms with Gasteiger partial charge in [-0.15, -0.1) is 0 Å². The van der Waals surface area contributed by atoms with Gasteiger partial charge in [-0.3, -0.25) is 0 Å². The fourth-order valence-corrected chi connectivity index (χ4v) is 1.75. The molecule has 2 rings (SSSR count). The summed E-state index contributed by atoms with van der Waals surface area (Å²) in [7, 11) is 1.57. The summed E-state index contributed by atoms with van der Waals surface area (Å²) in [6, 6.07) is 5.37. The van der Waals surface area contributed by atoms with E-state index in [1.54, 1.807) is 26.2 Å². The normalized spacial score (nSPS) is 10.3. The van der Waals surface area contributed by atoms with Crippen molar-refractivity contribution in [3.05, 3.63) is 29.5 Å². The number of ether oxygens (including phenoxy) is 2. The van der Waals surface area contributed by atoms with Crippen molar-refractivity contribution in [2.45, 2.75) is 13.8 Å². The summed E-state index contributed by atoms with van der Waals surface area (Å²) in [5.74, 6) is -0.420. The first-order chi connectivity index (χ1) is 9.56. The summed E-state index contributed by atoms with van der Waals surface area (Å²) in [4.78, 5) is 15.0. The van der Waals surface area contributed by atoms with Crippen molar-refractivity contribution in [2.24, 2.45) is 0 Å². The molecule has 0 atom stereocenters. The second-order valence-electron chi connectivity index (χ2n) is 4.08.